The Morgan fingerprint density at radius 3 is 2.35 bits per heavy atom. The zero-order chi connectivity index (χ0) is 12.9. The number of rotatable bonds is 7. The fourth-order valence-corrected chi connectivity index (χ4v) is 3.29. The molecule has 0 spiro atoms. The summed E-state index contributed by atoms with van der Waals surface area (Å²) in [4.78, 5) is 2.64. The van der Waals surface area contributed by atoms with Crippen molar-refractivity contribution in [2.45, 2.75) is 51.6 Å². The highest BCUT2D eigenvalue weighted by Gasteiger charge is 2.38. The largest absolute Gasteiger partial charge is 0.385 e. The number of methoxy groups -OCH3 is 1. The lowest BCUT2D eigenvalue weighted by molar-refractivity contribution is 0.0730. The highest BCUT2D eigenvalue weighted by Crippen LogP contribution is 2.29. The first-order valence-electron chi connectivity index (χ1n) is 6.95. The van der Waals surface area contributed by atoms with Gasteiger partial charge >= 0.3 is 0 Å². The lowest BCUT2D eigenvalue weighted by Crippen LogP contribution is -2.58. The van der Waals surface area contributed by atoms with E-state index in [1.165, 1.54) is 25.9 Å². The summed E-state index contributed by atoms with van der Waals surface area (Å²) in [6, 6.07) is 0.524. The van der Waals surface area contributed by atoms with Crippen molar-refractivity contribution in [1.29, 1.82) is 0 Å². The molecule has 2 unspecified atom stereocenters. The van der Waals surface area contributed by atoms with Gasteiger partial charge in [-0.2, -0.15) is 0 Å². The Balaban J connectivity index is 2.62. The second-order valence-corrected chi connectivity index (χ2v) is 5.87. The average molecular weight is 242 g/mol. The van der Waals surface area contributed by atoms with Gasteiger partial charge in [-0.15, -0.1) is 0 Å². The minimum Gasteiger partial charge on any atom is -0.385 e. The molecule has 1 aliphatic rings. The molecule has 0 aliphatic carbocycles. The van der Waals surface area contributed by atoms with Gasteiger partial charge in [0.05, 0.1) is 0 Å². The molecule has 3 heteroatoms. The topological polar surface area (TPSA) is 24.5 Å². The van der Waals surface area contributed by atoms with E-state index in [9.17, 15) is 0 Å². The van der Waals surface area contributed by atoms with Crippen LogP contribution in [0.2, 0.25) is 0 Å². The quantitative estimate of drug-likeness (QED) is 0.740. The van der Waals surface area contributed by atoms with Crippen LogP contribution in [0.3, 0.4) is 0 Å². The number of likely N-dealkylation sites (N-methyl/N-ethyl adjacent to an activating group) is 1. The van der Waals surface area contributed by atoms with Crippen molar-refractivity contribution in [2.75, 3.05) is 33.9 Å². The molecule has 1 rings (SSSR count). The van der Waals surface area contributed by atoms with Crippen LogP contribution >= 0.6 is 0 Å². The van der Waals surface area contributed by atoms with Crippen LogP contribution in [0.1, 0.15) is 40.0 Å². The van der Waals surface area contributed by atoms with Crippen molar-refractivity contribution in [3.8, 4) is 0 Å². The van der Waals surface area contributed by atoms with Gasteiger partial charge in [0.15, 0.2) is 0 Å². The summed E-state index contributed by atoms with van der Waals surface area (Å²) in [7, 11) is 3.87. The maximum Gasteiger partial charge on any atom is 0.0465 e. The predicted octanol–water partition coefficient (Wildman–Crippen LogP) is 2.12. The maximum absolute atomic E-state index is 5.20. The third kappa shape index (κ3) is 3.67. The highest BCUT2D eigenvalue weighted by molar-refractivity contribution is 4.96. The fourth-order valence-electron chi connectivity index (χ4n) is 3.29. The third-order valence-electron chi connectivity index (χ3n) is 4.34. The molecule has 1 aliphatic heterocycles. The van der Waals surface area contributed by atoms with E-state index >= 15 is 0 Å². The highest BCUT2D eigenvalue weighted by atomic mass is 16.5. The van der Waals surface area contributed by atoms with Gasteiger partial charge in [-0.05, 0) is 59.2 Å². The van der Waals surface area contributed by atoms with Crippen LogP contribution in [-0.2, 0) is 4.74 Å². The first-order chi connectivity index (χ1) is 8.04. The van der Waals surface area contributed by atoms with Gasteiger partial charge in [0, 0.05) is 25.3 Å². The minimum absolute atomic E-state index is 0.235. The van der Waals surface area contributed by atoms with E-state index in [4.69, 9.17) is 4.74 Å². The molecule has 2 atom stereocenters. The van der Waals surface area contributed by atoms with Gasteiger partial charge in [-0.1, -0.05) is 6.92 Å². The maximum atomic E-state index is 5.20. The summed E-state index contributed by atoms with van der Waals surface area (Å²) in [5.41, 5.74) is 0.235. The molecule has 3 nitrogen and oxygen atoms in total. The van der Waals surface area contributed by atoms with Crippen LogP contribution in [0.5, 0.6) is 0 Å². The molecule has 0 bridgehead atoms. The number of nitrogens with zero attached hydrogens (tertiary/aromatic N) is 1. The molecule has 1 fully saturated rings. The van der Waals surface area contributed by atoms with E-state index in [2.05, 4.69) is 38.0 Å². The normalized spacial score (nSPS) is 21.7. The molecule has 0 aromatic rings. The van der Waals surface area contributed by atoms with Crippen LogP contribution in [0.25, 0.3) is 0 Å². The molecule has 1 N–H and O–H groups in total. The molecule has 0 amide bonds. The predicted molar refractivity (Wildman–Crippen MR) is 73.4 cm³/mol. The second-order valence-electron chi connectivity index (χ2n) is 5.87. The zero-order valence-electron chi connectivity index (χ0n) is 12.3. The smallest absolute Gasteiger partial charge is 0.0465 e. The molecule has 102 valence electrons. The molecule has 0 saturated carbocycles. The van der Waals surface area contributed by atoms with E-state index in [0.29, 0.717) is 12.0 Å². The van der Waals surface area contributed by atoms with Crippen molar-refractivity contribution in [3.63, 3.8) is 0 Å². The van der Waals surface area contributed by atoms with Crippen LogP contribution in [0, 0.1) is 5.92 Å². The van der Waals surface area contributed by atoms with Crippen molar-refractivity contribution in [1.82, 2.24) is 10.2 Å². The van der Waals surface area contributed by atoms with E-state index in [0.717, 1.165) is 13.0 Å². The van der Waals surface area contributed by atoms with Crippen molar-refractivity contribution in [2.24, 2.45) is 5.92 Å². The summed E-state index contributed by atoms with van der Waals surface area (Å²) >= 11 is 0. The SMILES string of the molecule is CNC(C(C)CCOC)C(C)(C)N1CCCC1. The fraction of sp³-hybridized carbons (Fsp3) is 1.00. The van der Waals surface area contributed by atoms with E-state index < -0.39 is 0 Å². The van der Waals surface area contributed by atoms with Crippen LogP contribution < -0.4 is 5.32 Å². The lowest BCUT2D eigenvalue weighted by Gasteiger charge is -2.44. The van der Waals surface area contributed by atoms with Crippen molar-refractivity contribution in [3.05, 3.63) is 0 Å². The Bertz CT molecular complexity index is 212. The lowest BCUT2D eigenvalue weighted by atomic mass is 9.82. The van der Waals surface area contributed by atoms with Crippen molar-refractivity contribution < 1.29 is 4.74 Å². The van der Waals surface area contributed by atoms with E-state index in [-0.39, 0.29) is 5.54 Å². The zero-order valence-corrected chi connectivity index (χ0v) is 12.3. The minimum atomic E-state index is 0.235. The number of hydrogen-bond acceptors (Lipinski definition) is 3. The Labute approximate surface area is 107 Å². The second kappa shape index (κ2) is 6.72. The molecule has 0 aromatic carbocycles. The number of ether oxygens (including phenoxy) is 1. The summed E-state index contributed by atoms with van der Waals surface area (Å²) in [5.74, 6) is 0.635. The van der Waals surface area contributed by atoms with Gasteiger partial charge in [0.2, 0.25) is 0 Å². The summed E-state index contributed by atoms with van der Waals surface area (Å²) < 4.78 is 5.20. The Hall–Kier alpha value is -0.120. The van der Waals surface area contributed by atoms with Crippen LogP contribution in [-0.4, -0.2) is 50.3 Å². The standard InChI is InChI=1S/C14H30N2O/c1-12(8-11-17-5)13(15-4)14(2,3)16-9-6-7-10-16/h12-13,15H,6-11H2,1-5H3. The average Bonchev–Trinajstić information content (AvgIpc) is 2.80. The first-order valence-corrected chi connectivity index (χ1v) is 6.95. The van der Waals surface area contributed by atoms with Crippen LogP contribution in [0.15, 0.2) is 0 Å². The molecular weight excluding hydrogens is 212 g/mol. The molecule has 0 radical (unpaired) electrons. The number of nitrogens with one attached hydrogen (secondary N) is 1. The Morgan fingerprint density at radius 2 is 1.88 bits per heavy atom. The molecule has 1 saturated heterocycles. The monoisotopic (exact) mass is 242 g/mol. The van der Waals surface area contributed by atoms with E-state index in [1.807, 2.05) is 0 Å². The van der Waals surface area contributed by atoms with E-state index in [1.54, 1.807) is 7.11 Å². The third-order valence-corrected chi connectivity index (χ3v) is 4.34. The summed E-state index contributed by atoms with van der Waals surface area (Å²) in [6.07, 6.45) is 3.83. The summed E-state index contributed by atoms with van der Waals surface area (Å²) in [5, 5.41) is 3.53. The molecular formula is C14H30N2O. The van der Waals surface area contributed by atoms with Gasteiger partial charge in [0.1, 0.15) is 0 Å². The van der Waals surface area contributed by atoms with Gasteiger partial charge in [0.25, 0.3) is 0 Å². The first kappa shape index (κ1) is 14.9. The van der Waals surface area contributed by atoms with Gasteiger partial charge in [-0.25, -0.2) is 0 Å². The van der Waals surface area contributed by atoms with Crippen molar-refractivity contribution >= 4 is 0 Å². The van der Waals surface area contributed by atoms with Gasteiger partial charge in [-0.3, -0.25) is 4.90 Å². The molecule has 17 heavy (non-hydrogen) atoms. The molecule has 1 heterocycles. The molecule has 0 aromatic heterocycles. The number of hydrogen-bond donors (Lipinski definition) is 1. The Kier molecular flexibility index (Phi) is 5.90. The van der Waals surface area contributed by atoms with Gasteiger partial charge < -0.3 is 10.1 Å². The number of likely N-dealkylation sites (tertiary alicyclic amines) is 1. The Morgan fingerprint density at radius 1 is 1.29 bits per heavy atom. The van der Waals surface area contributed by atoms with Crippen LogP contribution in [0.4, 0.5) is 0 Å². The summed E-state index contributed by atoms with van der Waals surface area (Å²) in [6.45, 7) is 10.4.